The number of nitrogens with one attached hydrogen (secondary N) is 1. The summed E-state index contributed by atoms with van der Waals surface area (Å²) in [5.74, 6) is -0.281. The minimum absolute atomic E-state index is 0.0248. The number of carbonyl (C=O) groups excluding carboxylic acids is 2. The molecule has 1 amide bonds. The molecule has 0 aliphatic heterocycles. The average molecular weight is 309 g/mol. The Kier molecular flexibility index (Phi) is 5.50. The standard InChI is InChI=1S/C15H19NO4S/c1-20-15(18)13(16-14(17)11-7-8-11)9-10-21(19)12-5-3-2-4-6-12/h2-6,11,13H,7-10H2,1H3,(H,16,17)/t13-,21-/m1/s1. The Morgan fingerprint density at radius 2 is 2.00 bits per heavy atom. The number of carbonyl (C=O) groups is 2. The fraction of sp³-hybridized carbons (Fsp3) is 0.467. The first-order valence-corrected chi connectivity index (χ1v) is 8.25. The zero-order chi connectivity index (χ0) is 15.2. The zero-order valence-corrected chi connectivity index (χ0v) is 12.7. The molecule has 1 aliphatic carbocycles. The van der Waals surface area contributed by atoms with Crippen molar-refractivity contribution < 1.29 is 18.5 Å². The lowest BCUT2D eigenvalue weighted by atomic mass is 10.2. The maximum absolute atomic E-state index is 12.1. The van der Waals surface area contributed by atoms with Crippen molar-refractivity contribution in [3.63, 3.8) is 0 Å². The van der Waals surface area contributed by atoms with Gasteiger partial charge in [0.15, 0.2) is 0 Å². The van der Waals surface area contributed by atoms with E-state index in [1.165, 1.54) is 7.11 Å². The van der Waals surface area contributed by atoms with E-state index in [9.17, 15) is 13.8 Å². The number of ether oxygens (including phenoxy) is 1. The Balaban J connectivity index is 1.90. The van der Waals surface area contributed by atoms with E-state index >= 15 is 0 Å². The molecule has 0 saturated heterocycles. The van der Waals surface area contributed by atoms with E-state index < -0.39 is 22.8 Å². The zero-order valence-electron chi connectivity index (χ0n) is 11.9. The van der Waals surface area contributed by atoms with Crippen LogP contribution in [-0.4, -0.2) is 35.0 Å². The van der Waals surface area contributed by atoms with E-state index in [1.807, 2.05) is 18.2 Å². The summed E-state index contributed by atoms with van der Waals surface area (Å²) in [5, 5.41) is 2.69. The van der Waals surface area contributed by atoms with Crippen LogP contribution in [0, 0.1) is 5.92 Å². The van der Waals surface area contributed by atoms with Gasteiger partial charge in [0.05, 0.1) is 17.9 Å². The second kappa shape index (κ2) is 7.36. The number of hydrogen-bond acceptors (Lipinski definition) is 4. The van der Waals surface area contributed by atoms with Crippen molar-refractivity contribution in [2.75, 3.05) is 12.9 Å². The molecule has 0 aromatic heterocycles. The van der Waals surface area contributed by atoms with Crippen LogP contribution in [0.1, 0.15) is 19.3 Å². The first-order chi connectivity index (χ1) is 10.1. The van der Waals surface area contributed by atoms with E-state index in [1.54, 1.807) is 12.1 Å². The molecule has 6 heteroatoms. The first-order valence-electron chi connectivity index (χ1n) is 6.93. The van der Waals surface area contributed by atoms with E-state index in [0.717, 1.165) is 17.7 Å². The van der Waals surface area contributed by atoms with Crippen LogP contribution in [0.25, 0.3) is 0 Å². The lowest BCUT2D eigenvalue weighted by Crippen LogP contribution is -2.43. The third-order valence-corrected chi connectivity index (χ3v) is 4.75. The van der Waals surface area contributed by atoms with Gasteiger partial charge in [-0.3, -0.25) is 9.00 Å². The summed E-state index contributed by atoms with van der Waals surface area (Å²) in [4.78, 5) is 24.2. The summed E-state index contributed by atoms with van der Waals surface area (Å²) in [6.07, 6.45) is 2.04. The molecule has 0 radical (unpaired) electrons. The topological polar surface area (TPSA) is 72.5 Å². The summed E-state index contributed by atoms with van der Waals surface area (Å²) in [7, 11) is 0.0930. The van der Waals surface area contributed by atoms with Crippen molar-refractivity contribution in [2.24, 2.45) is 5.92 Å². The average Bonchev–Trinajstić information content (AvgIpc) is 3.35. The molecule has 2 rings (SSSR count). The Hall–Kier alpha value is -1.69. The van der Waals surface area contributed by atoms with Crippen molar-refractivity contribution in [3.8, 4) is 0 Å². The fourth-order valence-corrected chi connectivity index (χ4v) is 3.09. The molecule has 1 aromatic rings. The highest BCUT2D eigenvalue weighted by Gasteiger charge is 2.33. The number of rotatable bonds is 7. The van der Waals surface area contributed by atoms with Crippen molar-refractivity contribution in [1.82, 2.24) is 5.32 Å². The maximum Gasteiger partial charge on any atom is 0.328 e. The van der Waals surface area contributed by atoms with Crippen LogP contribution in [-0.2, 0) is 25.1 Å². The Labute approximate surface area is 126 Å². The third kappa shape index (κ3) is 4.67. The van der Waals surface area contributed by atoms with Crippen LogP contribution in [0.5, 0.6) is 0 Å². The van der Waals surface area contributed by atoms with Crippen molar-refractivity contribution in [2.45, 2.75) is 30.2 Å². The summed E-state index contributed by atoms with van der Waals surface area (Å²) in [6.45, 7) is 0. The lowest BCUT2D eigenvalue weighted by Gasteiger charge is -2.16. The predicted molar refractivity (Wildman–Crippen MR) is 79.0 cm³/mol. The van der Waals surface area contributed by atoms with Gasteiger partial charge in [0.1, 0.15) is 6.04 Å². The van der Waals surface area contributed by atoms with Crippen LogP contribution in [0.3, 0.4) is 0 Å². The molecule has 21 heavy (non-hydrogen) atoms. The molecule has 114 valence electrons. The largest absolute Gasteiger partial charge is 0.467 e. The van der Waals surface area contributed by atoms with Crippen molar-refractivity contribution in [3.05, 3.63) is 30.3 Å². The maximum atomic E-state index is 12.1. The molecule has 1 N–H and O–H groups in total. The van der Waals surface area contributed by atoms with Crippen molar-refractivity contribution in [1.29, 1.82) is 0 Å². The van der Waals surface area contributed by atoms with Crippen LogP contribution >= 0.6 is 0 Å². The first kappa shape index (κ1) is 15.7. The van der Waals surface area contributed by atoms with E-state index in [2.05, 4.69) is 5.32 Å². The van der Waals surface area contributed by atoms with Crippen LogP contribution in [0.15, 0.2) is 35.2 Å². The van der Waals surface area contributed by atoms with Crippen LogP contribution in [0.2, 0.25) is 0 Å². The van der Waals surface area contributed by atoms with Gasteiger partial charge < -0.3 is 10.1 Å². The molecule has 1 fully saturated rings. The van der Waals surface area contributed by atoms with Crippen LogP contribution in [0.4, 0.5) is 0 Å². The van der Waals surface area contributed by atoms with Gasteiger partial charge in [-0.25, -0.2) is 4.79 Å². The number of hydrogen-bond donors (Lipinski definition) is 1. The highest BCUT2D eigenvalue weighted by molar-refractivity contribution is 7.85. The van der Waals surface area contributed by atoms with Gasteiger partial charge in [-0.15, -0.1) is 0 Å². The fourth-order valence-electron chi connectivity index (χ4n) is 1.94. The minimum Gasteiger partial charge on any atom is -0.467 e. The van der Waals surface area contributed by atoms with E-state index in [4.69, 9.17) is 4.74 Å². The SMILES string of the molecule is COC(=O)[C@@H](CC[S@@](=O)c1ccccc1)NC(=O)C1CC1. The molecule has 0 spiro atoms. The van der Waals surface area contributed by atoms with E-state index in [-0.39, 0.29) is 11.8 Å². The Morgan fingerprint density at radius 1 is 1.33 bits per heavy atom. The second-order valence-corrected chi connectivity index (χ2v) is 6.58. The molecular formula is C15H19NO4S. The summed E-state index contributed by atoms with van der Waals surface area (Å²) >= 11 is 0. The van der Waals surface area contributed by atoms with Gasteiger partial charge in [0.2, 0.25) is 5.91 Å². The van der Waals surface area contributed by atoms with Gasteiger partial charge in [-0.1, -0.05) is 18.2 Å². The molecule has 1 aliphatic rings. The predicted octanol–water partition coefficient (Wildman–Crippen LogP) is 1.25. The number of esters is 1. The number of methoxy groups -OCH3 is 1. The number of benzene rings is 1. The highest BCUT2D eigenvalue weighted by atomic mass is 32.2. The van der Waals surface area contributed by atoms with Gasteiger partial charge in [-0.05, 0) is 31.4 Å². The molecule has 5 nitrogen and oxygen atoms in total. The highest BCUT2D eigenvalue weighted by Crippen LogP contribution is 2.29. The Morgan fingerprint density at radius 3 is 2.57 bits per heavy atom. The van der Waals surface area contributed by atoms with Gasteiger partial charge in [0.25, 0.3) is 0 Å². The Bertz CT molecular complexity index is 528. The smallest absolute Gasteiger partial charge is 0.328 e. The second-order valence-electron chi connectivity index (χ2n) is 5.01. The quantitative estimate of drug-likeness (QED) is 0.770. The molecule has 0 unspecified atom stereocenters. The molecule has 0 heterocycles. The van der Waals surface area contributed by atoms with E-state index in [0.29, 0.717) is 12.2 Å². The monoisotopic (exact) mass is 309 g/mol. The third-order valence-electron chi connectivity index (χ3n) is 3.35. The molecular weight excluding hydrogens is 290 g/mol. The van der Waals surface area contributed by atoms with Crippen LogP contribution < -0.4 is 5.32 Å². The molecule has 1 saturated carbocycles. The van der Waals surface area contributed by atoms with Gasteiger partial charge in [-0.2, -0.15) is 0 Å². The normalized spacial score (nSPS) is 16.8. The van der Waals surface area contributed by atoms with Gasteiger partial charge >= 0.3 is 5.97 Å². The molecule has 0 bridgehead atoms. The summed E-state index contributed by atoms with van der Waals surface area (Å²) in [5.41, 5.74) is 0. The number of amides is 1. The van der Waals surface area contributed by atoms with Gasteiger partial charge in [0, 0.05) is 16.6 Å². The molecule has 1 aromatic carbocycles. The minimum atomic E-state index is -1.19. The van der Waals surface area contributed by atoms with Crippen molar-refractivity contribution >= 4 is 22.7 Å². The molecule has 2 atom stereocenters. The summed E-state index contributed by atoms with van der Waals surface area (Å²) in [6, 6.07) is 8.34. The summed E-state index contributed by atoms with van der Waals surface area (Å²) < 4.78 is 16.8. The lowest BCUT2D eigenvalue weighted by molar-refractivity contribution is -0.145.